The molecule has 18 heavy (non-hydrogen) atoms. The second-order valence-electron chi connectivity index (χ2n) is 5.02. The first-order valence-corrected chi connectivity index (χ1v) is 7.06. The Morgan fingerprint density at radius 1 is 1.33 bits per heavy atom. The van der Waals surface area contributed by atoms with Crippen LogP contribution in [0.3, 0.4) is 0 Å². The molecule has 0 unspecified atom stereocenters. The molecule has 0 bridgehead atoms. The van der Waals surface area contributed by atoms with Gasteiger partial charge in [-0.2, -0.15) is 0 Å². The molecule has 1 N–H and O–H groups in total. The van der Waals surface area contributed by atoms with Crippen LogP contribution in [0.2, 0.25) is 0 Å². The zero-order valence-electron chi connectivity index (χ0n) is 10.4. The van der Waals surface area contributed by atoms with Crippen LogP contribution in [-0.2, 0) is 0 Å². The van der Waals surface area contributed by atoms with Gasteiger partial charge in [0.2, 0.25) is 0 Å². The van der Waals surface area contributed by atoms with Gasteiger partial charge < -0.3 is 5.32 Å². The van der Waals surface area contributed by atoms with E-state index < -0.39 is 0 Å². The molecule has 0 atom stereocenters. The van der Waals surface area contributed by atoms with Crippen LogP contribution in [0.15, 0.2) is 22.7 Å². The number of nitrogens with one attached hydrogen (secondary N) is 1. The van der Waals surface area contributed by atoms with E-state index in [-0.39, 0.29) is 10.6 Å². The molecule has 0 radical (unpaired) electrons. The number of anilines is 1. The van der Waals surface area contributed by atoms with Gasteiger partial charge in [0.05, 0.1) is 9.40 Å². The summed E-state index contributed by atoms with van der Waals surface area (Å²) in [6, 6.07) is 5.66. The minimum Gasteiger partial charge on any atom is -0.382 e. The van der Waals surface area contributed by atoms with Gasteiger partial charge in [-0.15, -0.1) is 0 Å². The van der Waals surface area contributed by atoms with Crippen LogP contribution >= 0.6 is 15.9 Å². The summed E-state index contributed by atoms with van der Waals surface area (Å²) in [4.78, 5) is 10.5. The van der Waals surface area contributed by atoms with Gasteiger partial charge in [0.15, 0.2) is 0 Å². The molecule has 1 aliphatic carbocycles. The van der Waals surface area contributed by atoms with Crippen molar-refractivity contribution in [1.29, 1.82) is 0 Å². The Morgan fingerprint density at radius 3 is 2.61 bits per heavy atom. The average molecular weight is 313 g/mol. The van der Waals surface area contributed by atoms with Crippen molar-refractivity contribution in [3.63, 3.8) is 0 Å². The van der Waals surface area contributed by atoms with Crippen molar-refractivity contribution in [2.45, 2.75) is 38.6 Å². The minimum absolute atomic E-state index is 0.115. The van der Waals surface area contributed by atoms with Crippen molar-refractivity contribution in [1.82, 2.24) is 0 Å². The van der Waals surface area contributed by atoms with E-state index in [0.29, 0.717) is 10.5 Å². The van der Waals surface area contributed by atoms with Gasteiger partial charge >= 0.3 is 0 Å². The van der Waals surface area contributed by atoms with Gasteiger partial charge in [-0.1, -0.05) is 6.92 Å². The number of hydrogen-bond donors (Lipinski definition) is 1. The summed E-state index contributed by atoms with van der Waals surface area (Å²) in [5.74, 6) is 0.808. The second kappa shape index (κ2) is 5.69. The molecule has 0 heterocycles. The maximum absolute atomic E-state index is 10.9. The molecule has 1 aromatic rings. The third-order valence-electron chi connectivity index (χ3n) is 3.53. The number of benzene rings is 1. The van der Waals surface area contributed by atoms with Crippen molar-refractivity contribution >= 4 is 27.3 Å². The van der Waals surface area contributed by atoms with Crippen molar-refractivity contribution in [2.75, 3.05) is 5.32 Å². The second-order valence-corrected chi connectivity index (χ2v) is 5.88. The first-order chi connectivity index (χ1) is 8.56. The molecule has 1 fully saturated rings. The van der Waals surface area contributed by atoms with Crippen LogP contribution in [-0.4, -0.2) is 11.0 Å². The molecule has 0 amide bonds. The zero-order chi connectivity index (χ0) is 13.1. The Balaban J connectivity index is 2.05. The molecule has 1 aliphatic rings. The SMILES string of the molecule is CC1CCC(Nc2ccc(Br)c([N+](=O)[O-])c2)CC1. The lowest BCUT2D eigenvalue weighted by Gasteiger charge is -2.27. The topological polar surface area (TPSA) is 55.2 Å². The predicted molar refractivity (Wildman–Crippen MR) is 75.8 cm³/mol. The van der Waals surface area contributed by atoms with E-state index in [2.05, 4.69) is 28.2 Å². The molecule has 0 spiro atoms. The highest BCUT2D eigenvalue weighted by molar-refractivity contribution is 9.10. The lowest BCUT2D eigenvalue weighted by molar-refractivity contribution is -0.385. The van der Waals surface area contributed by atoms with E-state index in [4.69, 9.17) is 0 Å². The van der Waals surface area contributed by atoms with Crippen molar-refractivity contribution in [3.8, 4) is 0 Å². The molecular formula is C13H17BrN2O2. The lowest BCUT2D eigenvalue weighted by Crippen LogP contribution is -2.25. The minimum atomic E-state index is -0.363. The fourth-order valence-electron chi connectivity index (χ4n) is 2.38. The Labute approximate surface area is 115 Å². The van der Waals surface area contributed by atoms with E-state index in [9.17, 15) is 10.1 Å². The van der Waals surface area contributed by atoms with Crippen LogP contribution in [0.25, 0.3) is 0 Å². The molecule has 98 valence electrons. The molecule has 1 aromatic carbocycles. The van der Waals surface area contributed by atoms with E-state index >= 15 is 0 Å². The molecule has 4 nitrogen and oxygen atoms in total. The third-order valence-corrected chi connectivity index (χ3v) is 4.20. The maximum atomic E-state index is 10.9. The molecular weight excluding hydrogens is 296 g/mol. The normalized spacial score (nSPS) is 23.7. The number of nitro groups is 1. The first kappa shape index (κ1) is 13.3. The molecule has 1 saturated carbocycles. The molecule has 5 heteroatoms. The summed E-state index contributed by atoms with van der Waals surface area (Å²) in [5.41, 5.74) is 0.952. The van der Waals surface area contributed by atoms with Crippen LogP contribution in [0.1, 0.15) is 32.6 Å². The van der Waals surface area contributed by atoms with E-state index in [1.807, 2.05) is 6.07 Å². The smallest absolute Gasteiger partial charge is 0.285 e. The molecule has 0 aliphatic heterocycles. The summed E-state index contributed by atoms with van der Waals surface area (Å²) in [6.45, 7) is 2.28. The lowest BCUT2D eigenvalue weighted by atomic mass is 9.87. The van der Waals surface area contributed by atoms with Gasteiger partial charge in [0, 0.05) is 17.8 Å². The van der Waals surface area contributed by atoms with Gasteiger partial charge in [-0.05, 0) is 59.7 Å². The Morgan fingerprint density at radius 2 is 2.00 bits per heavy atom. The van der Waals surface area contributed by atoms with Gasteiger partial charge in [-0.3, -0.25) is 10.1 Å². The predicted octanol–water partition coefficient (Wildman–Crippen LogP) is 4.35. The zero-order valence-corrected chi connectivity index (χ0v) is 11.9. The molecule has 0 aromatic heterocycles. The number of nitro benzene ring substituents is 1. The maximum Gasteiger partial charge on any atom is 0.285 e. The van der Waals surface area contributed by atoms with E-state index in [0.717, 1.165) is 24.4 Å². The molecule has 2 rings (SSSR count). The van der Waals surface area contributed by atoms with Crippen LogP contribution in [0.5, 0.6) is 0 Å². The summed E-state index contributed by atoms with van der Waals surface area (Å²) < 4.78 is 0.523. The Kier molecular flexibility index (Phi) is 4.22. The highest BCUT2D eigenvalue weighted by Crippen LogP contribution is 2.30. The Bertz CT molecular complexity index is 443. The summed E-state index contributed by atoms with van der Waals surface area (Å²) in [6.07, 6.45) is 4.75. The van der Waals surface area contributed by atoms with Crippen molar-refractivity contribution < 1.29 is 4.92 Å². The van der Waals surface area contributed by atoms with Crippen molar-refractivity contribution in [2.24, 2.45) is 5.92 Å². The van der Waals surface area contributed by atoms with Crippen LogP contribution < -0.4 is 5.32 Å². The van der Waals surface area contributed by atoms with Gasteiger partial charge in [0.25, 0.3) is 5.69 Å². The first-order valence-electron chi connectivity index (χ1n) is 6.26. The van der Waals surface area contributed by atoms with Crippen LogP contribution in [0.4, 0.5) is 11.4 Å². The van der Waals surface area contributed by atoms with Gasteiger partial charge in [-0.25, -0.2) is 0 Å². The quantitative estimate of drug-likeness (QED) is 0.667. The van der Waals surface area contributed by atoms with E-state index in [1.165, 1.54) is 12.8 Å². The highest BCUT2D eigenvalue weighted by Gasteiger charge is 2.19. The number of hydrogen-bond acceptors (Lipinski definition) is 3. The summed E-state index contributed by atoms with van der Waals surface area (Å²) >= 11 is 3.19. The van der Waals surface area contributed by atoms with Crippen molar-refractivity contribution in [3.05, 3.63) is 32.8 Å². The highest BCUT2D eigenvalue weighted by atomic mass is 79.9. The molecule has 0 saturated heterocycles. The fraction of sp³-hybridized carbons (Fsp3) is 0.538. The van der Waals surface area contributed by atoms with E-state index in [1.54, 1.807) is 12.1 Å². The fourth-order valence-corrected chi connectivity index (χ4v) is 2.77. The largest absolute Gasteiger partial charge is 0.382 e. The monoisotopic (exact) mass is 312 g/mol. The summed E-state index contributed by atoms with van der Waals surface area (Å²) in [7, 11) is 0. The Hall–Kier alpha value is -1.10. The summed E-state index contributed by atoms with van der Waals surface area (Å²) in [5, 5.41) is 14.3. The van der Waals surface area contributed by atoms with Gasteiger partial charge in [0.1, 0.15) is 0 Å². The number of halogens is 1. The standard InChI is InChI=1S/C13H17BrN2O2/c1-9-2-4-10(5-3-9)15-11-6-7-12(14)13(8-11)16(17)18/h6-10,15H,2-5H2,1H3. The number of rotatable bonds is 3. The van der Waals surface area contributed by atoms with Crippen LogP contribution in [0, 0.1) is 16.0 Å². The number of nitrogens with zero attached hydrogens (tertiary/aromatic N) is 1. The third kappa shape index (κ3) is 3.22. The average Bonchev–Trinajstić information content (AvgIpc) is 2.34.